The van der Waals surface area contributed by atoms with E-state index in [4.69, 9.17) is 0 Å². The molecule has 0 fully saturated rings. The molecule has 3 heterocycles. The van der Waals surface area contributed by atoms with Crippen molar-refractivity contribution in [3.63, 3.8) is 0 Å². The van der Waals surface area contributed by atoms with Gasteiger partial charge in [-0.3, -0.25) is 14.2 Å². The predicted molar refractivity (Wildman–Crippen MR) is 127 cm³/mol. The van der Waals surface area contributed by atoms with Gasteiger partial charge in [0.15, 0.2) is 0 Å². The van der Waals surface area contributed by atoms with Crippen LogP contribution in [-0.4, -0.2) is 26.5 Å². The highest BCUT2D eigenvalue weighted by molar-refractivity contribution is 7.18. The molecule has 0 unspecified atom stereocenters. The summed E-state index contributed by atoms with van der Waals surface area (Å²) in [7, 11) is 0. The second-order valence-electron chi connectivity index (χ2n) is 8.35. The quantitative estimate of drug-likeness (QED) is 0.466. The summed E-state index contributed by atoms with van der Waals surface area (Å²) in [6.07, 6.45) is 0.552. The van der Waals surface area contributed by atoms with E-state index in [-0.39, 0.29) is 5.91 Å². The van der Waals surface area contributed by atoms with Crippen LogP contribution in [0.5, 0.6) is 0 Å². The molecule has 33 heavy (non-hydrogen) atoms. The van der Waals surface area contributed by atoms with Gasteiger partial charge in [0.05, 0.1) is 24.2 Å². The number of hydrogen-bond donors (Lipinski definition) is 0. The van der Waals surface area contributed by atoms with E-state index in [9.17, 15) is 18.8 Å². The van der Waals surface area contributed by atoms with Gasteiger partial charge in [0.2, 0.25) is 5.91 Å². The first-order valence-electron chi connectivity index (χ1n) is 10.7. The Morgan fingerprint density at radius 2 is 1.76 bits per heavy atom. The Morgan fingerprint density at radius 1 is 1.06 bits per heavy atom. The van der Waals surface area contributed by atoms with E-state index < -0.39 is 17.1 Å². The van der Waals surface area contributed by atoms with Crippen LogP contribution in [0.15, 0.2) is 58.1 Å². The SMILES string of the molecule is CC(=O)N1CCc2c(sc3c2c(=O)n(-c2ccc(F)cc2)c(=O)n3Cc2ccc(C)cc2)C1. The number of thiophene rings is 1. The minimum absolute atomic E-state index is 0.0149. The van der Waals surface area contributed by atoms with Gasteiger partial charge in [-0.15, -0.1) is 11.3 Å². The van der Waals surface area contributed by atoms with Crippen molar-refractivity contribution in [3.05, 3.63) is 96.8 Å². The Hall–Kier alpha value is -3.52. The molecule has 2 aromatic carbocycles. The first-order valence-corrected chi connectivity index (χ1v) is 11.5. The second-order valence-corrected chi connectivity index (χ2v) is 9.43. The van der Waals surface area contributed by atoms with Gasteiger partial charge in [0, 0.05) is 18.3 Å². The Labute approximate surface area is 193 Å². The van der Waals surface area contributed by atoms with Gasteiger partial charge in [-0.1, -0.05) is 29.8 Å². The molecule has 6 nitrogen and oxygen atoms in total. The summed E-state index contributed by atoms with van der Waals surface area (Å²) in [4.78, 5) is 42.4. The standard InChI is InChI=1S/C25H22FN3O3S/c1-15-3-5-17(6-4-15)13-28-24-22(20-11-12-27(16(2)30)14-21(20)33-24)23(31)29(25(28)32)19-9-7-18(26)8-10-19/h3-10H,11-14H2,1-2H3. The maximum absolute atomic E-state index is 13.6. The van der Waals surface area contributed by atoms with Gasteiger partial charge in [-0.25, -0.2) is 13.8 Å². The fraction of sp³-hybridized carbons (Fsp3) is 0.240. The van der Waals surface area contributed by atoms with E-state index in [0.29, 0.717) is 42.0 Å². The summed E-state index contributed by atoms with van der Waals surface area (Å²) in [5, 5.41) is 0.509. The molecular formula is C25H22FN3O3S. The highest BCUT2D eigenvalue weighted by Gasteiger charge is 2.27. The molecule has 0 atom stereocenters. The molecule has 2 aromatic heterocycles. The number of carbonyl (C=O) groups excluding carboxylic acids is 1. The third-order valence-corrected chi connectivity index (χ3v) is 7.35. The van der Waals surface area contributed by atoms with Crippen LogP contribution in [0.4, 0.5) is 4.39 Å². The molecule has 168 valence electrons. The topological polar surface area (TPSA) is 64.3 Å². The molecule has 0 aliphatic carbocycles. The minimum atomic E-state index is -0.471. The number of nitrogens with zero attached hydrogens (tertiary/aromatic N) is 3. The monoisotopic (exact) mass is 463 g/mol. The summed E-state index contributed by atoms with van der Waals surface area (Å²) in [5.74, 6) is -0.455. The van der Waals surface area contributed by atoms with Crippen LogP contribution >= 0.6 is 11.3 Å². The van der Waals surface area contributed by atoms with Crippen LogP contribution in [0, 0.1) is 12.7 Å². The molecule has 0 saturated carbocycles. The average molecular weight is 464 g/mol. The first-order chi connectivity index (χ1) is 15.8. The lowest BCUT2D eigenvalue weighted by Gasteiger charge is -2.25. The second kappa shape index (κ2) is 8.12. The summed E-state index contributed by atoms with van der Waals surface area (Å²) in [6, 6.07) is 13.3. The van der Waals surface area contributed by atoms with Gasteiger partial charge in [0.1, 0.15) is 10.6 Å². The van der Waals surface area contributed by atoms with E-state index >= 15 is 0 Å². The number of hydrogen-bond acceptors (Lipinski definition) is 4. The van der Waals surface area contributed by atoms with Crippen molar-refractivity contribution in [2.75, 3.05) is 6.54 Å². The van der Waals surface area contributed by atoms with E-state index in [1.54, 1.807) is 9.47 Å². The lowest BCUT2D eigenvalue weighted by molar-refractivity contribution is -0.129. The Bertz CT molecular complexity index is 1500. The Morgan fingerprint density at radius 3 is 2.42 bits per heavy atom. The number of aromatic nitrogens is 2. The lowest BCUT2D eigenvalue weighted by Crippen LogP contribution is -2.39. The maximum atomic E-state index is 13.6. The van der Waals surface area contributed by atoms with Crippen molar-refractivity contribution in [2.24, 2.45) is 0 Å². The molecule has 0 N–H and O–H groups in total. The third kappa shape index (κ3) is 3.70. The van der Waals surface area contributed by atoms with Crippen LogP contribution in [0.2, 0.25) is 0 Å². The normalized spacial score (nSPS) is 13.4. The number of fused-ring (bicyclic) bond motifs is 3. The number of aryl methyl sites for hydroxylation is 1. The van der Waals surface area contributed by atoms with Crippen LogP contribution in [0.1, 0.15) is 28.5 Å². The fourth-order valence-corrected chi connectivity index (χ4v) is 5.65. The number of benzene rings is 2. The van der Waals surface area contributed by atoms with E-state index in [0.717, 1.165) is 26.1 Å². The van der Waals surface area contributed by atoms with Crippen molar-refractivity contribution in [1.29, 1.82) is 0 Å². The van der Waals surface area contributed by atoms with Crippen molar-refractivity contribution in [2.45, 2.75) is 33.4 Å². The van der Waals surface area contributed by atoms with Gasteiger partial charge in [0.25, 0.3) is 5.56 Å². The molecule has 0 saturated heterocycles. The number of halogens is 1. The highest BCUT2D eigenvalue weighted by atomic mass is 32.1. The predicted octanol–water partition coefficient (Wildman–Crippen LogP) is 3.61. The largest absolute Gasteiger partial charge is 0.337 e. The van der Waals surface area contributed by atoms with Crippen molar-refractivity contribution in [1.82, 2.24) is 14.0 Å². The zero-order valence-electron chi connectivity index (χ0n) is 18.3. The van der Waals surface area contributed by atoms with E-state index in [2.05, 4.69) is 0 Å². The summed E-state index contributed by atoms with van der Waals surface area (Å²) in [6.45, 7) is 4.79. The summed E-state index contributed by atoms with van der Waals surface area (Å²) in [5.41, 5.74) is 2.39. The van der Waals surface area contributed by atoms with Crippen molar-refractivity contribution >= 4 is 27.5 Å². The molecule has 1 aliphatic heterocycles. The van der Waals surface area contributed by atoms with Gasteiger partial charge in [-0.2, -0.15) is 0 Å². The zero-order valence-corrected chi connectivity index (χ0v) is 19.1. The smallest absolute Gasteiger partial charge is 0.337 e. The molecule has 1 amide bonds. The number of carbonyl (C=O) groups is 1. The Balaban J connectivity index is 1.78. The minimum Gasteiger partial charge on any atom is -0.337 e. The molecule has 5 rings (SSSR count). The first kappa shape index (κ1) is 21.3. The maximum Gasteiger partial charge on any atom is 0.337 e. The number of amides is 1. The summed E-state index contributed by atoms with van der Waals surface area (Å²) < 4.78 is 16.3. The van der Waals surface area contributed by atoms with Crippen LogP contribution in [-0.2, 0) is 24.3 Å². The zero-order chi connectivity index (χ0) is 23.3. The lowest BCUT2D eigenvalue weighted by atomic mass is 10.1. The van der Waals surface area contributed by atoms with Gasteiger partial charge >= 0.3 is 5.69 Å². The van der Waals surface area contributed by atoms with Gasteiger partial charge < -0.3 is 4.90 Å². The molecule has 0 radical (unpaired) electrons. The Kier molecular flexibility index (Phi) is 5.25. The van der Waals surface area contributed by atoms with Gasteiger partial charge in [-0.05, 0) is 48.7 Å². The molecule has 8 heteroatoms. The third-order valence-electron chi connectivity index (χ3n) is 6.11. The molecule has 4 aromatic rings. The van der Waals surface area contributed by atoms with Crippen LogP contribution in [0.25, 0.3) is 15.9 Å². The number of rotatable bonds is 3. The van der Waals surface area contributed by atoms with Crippen molar-refractivity contribution in [3.8, 4) is 5.69 Å². The fourth-order valence-electron chi connectivity index (χ4n) is 4.31. The average Bonchev–Trinajstić information content (AvgIpc) is 3.18. The van der Waals surface area contributed by atoms with Crippen LogP contribution < -0.4 is 11.2 Å². The van der Waals surface area contributed by atoms with Crippen LogP contribution in [0.3, 0.4) is 0 Å². The van der Waals surface area contributed by atoms with E-state index in [1.165, 1.54) is 42.5 Å². The molecule has 0 bridgehead atoms. The van der Waals surface area contributed by atoms with Crippen molar-refractivity contribution < 1.29 is 9.18 Å². The highest BCUT2D eigenvalue weighted by Crippen LogP contribution is 2.33. The molecule has 1 aliphatic rings. The summed E-state index contributed by atoms with van der Waals surface area (Å²) >= 11 is 1.40. The van der Waals surface area contributed by atoms with E-state index in [1.807, 2.05) is 31.2 Å². The molecule has 0 spiro atoms. The molecular weight excluding hydrogens is 441 g/mol.